The molecule has 3 heterocycles. The smallest absolute Gasteiger partial charge is 0.362 e. The molecular formula is C36H48N7O8P. The van der Waals surface area contributed by atoms with E-state index in [2.05, 4.69) is 25.9 Å². The Morgan fingerprint density at radius 2 is 1.71 bits per heavy atom. The van der Waals surface area contributed by atoms with Gasteiger partial charge in [-0.1, -0.05) is 55.3 Å². The topological polar surface area (TPSA) is 206 Å². The number of rotatable bonds is 15. The molecule has 5 rings (SSSR count). The highest BCUT2D eigenvalue weighted by molar-refractivity contribution is 7.51. The zero-order chi connectivity index (χ0) is 37.3. The number of benzene rings is 2. The number of aromatic amines is 1. The molecule has 0 radical (unpaired) electrons. The van der Waals surface area contributed by atoms with Gasteiger partial charge in [0.05, 0.1) is 18.1 Å². The number of H-pyrrole nitrogens is 1. The van der Waals surface area contributed by atoms with Crippen LogP contribution in [-0.2, 0) is 43.1 Å². The Morgan fingerprint density at radius 3 is 2.38 bits per heavy atom. The van der Waals surface area contributed by atoms with Crippen LogP contribution in [0.25, 0.3) is 0 Å². The van der Waals surface area contributed by atoms with E-state index >= 15 is 0 Å². The van der Waals surface area contributed by atoms with Crippen molar-refractivity contribution in [2.24, 2.45) is 0 Å². The summed E-state index contributed by atoms with van der Waals surface area (Å²) >= 11 is 0. The van der Waals surface area contributed by atoms with Crippen molar-refractivity contribution in [3.63, 3.8) is 0 Å². The molecule has 2 aliphatic rings. The summed E-state index contributed by atoms with van der Waals surface area (Å²) < 4.78 is 16.3. The van der Waals surface area contributed by atoms with Gasteiger partial charge in [-0.2, -0.15) is 0 Å². The Hall–Kier alpha value is -4.56. The van der Waals surface area contributed by atoms with Crippen molar-refractivity contribution < 1.29 is 38.3 Å². The number of nitrogens with one attached hydrogen (secondary N) is 4. The molecule has 3 aromatic rings. The average molecular weight is 738 g/mol. The van der Waals surface area contributed by atoms with Crippen LogP contribution in [0.15, 0.2) is 67.1 Å². The summed E-state index contributed by atoms with van der Waals surface area (Å²) in [5.74, 6) is -1.14. The molecular weight excluding hydrogens is 689 g/mol. The Kier molecular flexibility index (Phi) is 13.2. The number of carbonyl (C=O) groups is 4. The van der Waals surface area contributed by atoms with E-state index in [0.717, 1.165) is 30.4 Å². The van der Waals surface area contributed by atoms with E-state index in [1.165, 1.54) is 6.33 Å². The van der Waals surface area contributed by atoms with Gasteiger partial charge in [0, 0.05) is 25.2 Å². The average Bonchev–Trinajstić information content (AvgIpc) is 3.79. The van der Waals surface area contributed by atoms with Crippen molar-refractivity contribution in [1.82, 2.24) is 35.7 Å². The molecule has 6 N–H and O–H groups in total. The maximum absolute atomic E-state index is 14.2. The predicted molar refractivity (Wildman–Crippen MR) is 192 cm³/mol. The summed E-state index contributed by atoms with van der Waals surface area (Å²) in [6.45, 7) is 0.289. The maximum Gasteiger partial charge on any atom is 0.362 e. The highest BCUT2D eigenvalue weighted by Gasteiger charge is 2.45. The van der Waals surface area contributed by atoms with Gasteiger partial charge in [0.15, 0.2) is 6.35 Å². The number of carbonyl (C=O) groups excluding carboxylic acids is 4. The van der Waals surface area contributed by atoms with Crippen LogP contribution in [0.2, 0.25) is 0 Å². The third kappa shape index (κ3) is 10.7. The number of aromatic nitrogens is 2. The lowest BCUT2D eigenvalue weighted by atomic mass is 9.98. The Labute approximate surface area is 303 Å². The van der Waals surface area contributed by atoms with Crippen molar-refractivity contribution in [3.8, 4) is 5.75 Å². The van der Waals surface area contributed by atoms with Gasteiger partial charge in [0.25, 0.3) is 0 Å². The molecule has 4 amide bonds. The quantitative estimate of drug-likeness (QED) is 0.125. The molecule has 5 atom stereocenters. The van der Waals surface area contributed by atoms with Gasteiger partial charge in [-0.3, -0.25) is 28.6 Å². The minimum absolute atomic E-state index is 0.157. The Bertz CT molecular complexity index is 1700. The number of hydrogen-bond donors (Lipinski definition) is 6. The minimum Gasteiger partial charge on any atom is -0.481 e. The summed E-state index contributed by atoms with van der Waals surface area (Å²) in [4.78, 5) is 84.0. The van der Waals surface area contributed by atoms with E-state index in [4.69, 9.17) is 14.5 Å². The molecule has 1 aromatic heterocycles. The molecule has 1 unspecified atom stereocenters. The van der Waals surface area contributed by atoms with Gasteiger partial charge in [0.2, 0.25) is 23.6 Å². The largest absolute Gasteiger partial charge is 0.481 e. The van der Waals surface area contributed by atoms with Gasteiger partial charge in [-0.05, 0) is 69.5 Å². The minimum atomic E-state index is -4.33. The molecule has 0 spiro atoms. The summed E-state index contributed by atoms with van der Waals surface area (Å²) in [5, 5.41) is 8.82. The molecule has 0 aliphatic carbocycles. The Morgan fingerprint density at radius 1 is 0.981 bits per heavy atom. The number of imidazole rings is 1. The predicted octanol–water partition coefficient (Wildman–Crippen LogP) is 1.86. The second-order valence-corrected chi connectivity index (χ2v) is 15.2. The maximum atomic E-state index is 14.2. The normalized spacial score (nSPS) is 20.3. The van der Waals surface area contributed by atoms with Crippen molar-refractivity contribution >= 4 is 31.2 Å². The second-order valence-electron chi connectivity index (χ2n) is 13.6. The number of amides is 4. The molecule has 2 fully saturated rings. The van der Waals surface area contributed by atoms with E-state index in [-0.39, 0.29) is 42.5 Å². The zero-order valence-corrected chi connectivity index (χ0v) is 30.3. The van der Waals surface area contributed by atoms with Gasteiger partial charge in [-0.25, -0.2) is 4.98 Å². The van der Waals surface area contributed by atoms with E-state index in [9.17, 15) is 23.7 Å². The first-order chi connectivity index (χ1) is 24.9. The third-order valence-electron chi connectivity index (χ3n) is 9.54. The molecule has 2 aromatic carbocycles. The van der Waals surface area contributed by atoms with E-state index in [0.29, 0.717) is 31.4 Å². The lowest BCUT2D eigenvalue weighted by Gasteiger charge is -2.36. The highest BCUT2D eigenvalue weighted by atomic mass is 31.2. The van der Waals surface area contributed by atoms with Crippen molar-refractivity contribution in [2.75, 3.05) is 20.4 Å². The molecule has 280 valence electrons. The molecule has 15 nitrogen and oxygen atoms in total. The fourth-order valence-electron chi connectivity index (χ4n) is 6.80. The van der Waals surface area contributed by atoms with Gasteiger partial charge >= 0.3 is 7.60 Å². The molecule has 52 heavy (non-hydrogen) atoms. The van der Waals surface area contributed by atoms with Gasteiger partial charge in [-0.15, -0.1) is 0 Å². The van der Waals surface area contributed by atoms with Crippen LogP contribution in [0.5, 0.6) is 5.75 Å². The van der Waals surface area contributed by atoms with Crippen LogP contribution in [0, 0.1) is 0 Å². The second kappa shape index (κ2) is 17.8. The van der Waals surface area contributed by atoms with Gasteiger partial charge in [0.1, 0.15) is 23.9 Å². The number of ether oxygens (including phenoxy) is 1. The SMILES string of the molecule is CN(C)[C@@H](Cc1ccc(OCP(=O)(O)O)cc1)C(=O)NC1CCCC[C@H]2CC[C@@H](C(=O)N[C@@H](Cc3c[nH]cn3)C(=O)NCc3ccccc3)N2C1=O. The molecule has 16 heteroatoms. The monoisotopic (exact) mass is 737 g/mol. The van der Waals surface area contributed by atoms with Crippen LogP contribution >= 0.6 is 7.60 Å². The van der Waals surface area contributed by atoms with Crippen molar-refractivity contribution in [1.29, 1.82) is 0 Å². The number of nitrogens with zero attached hydrogens (tertiary/aromatic N) is 3. The summed E-state index contributed by atoms with van der Waals surface area (Å²) in [6, 6.07) is 12.7. The zero-order valence-electron chi connectivity index (χ0n) is 29.4. The van der Waals surface area contributed by atoms with Crippen LogP contribution in [0.4, 0.5) is 0 Å². The fraction of sp³-hybridized carbons (Fsp3) is 0.472. The number of likely N-dealkylation sites (N-methyl/N-ethyl adjacent to an activating group) is 1. The third-order valence-corrected chi connectivity index (χ3v) is 10.0. The van der Waals surface area contributed by atoms with Crippen molar-refractivity contribution in [2.45, 2.75) is 88.1 Å². The van der Waals surface area contributed by atoms with Crippen LogP contribution in [-0.4, -0.2) is 104 Å². The first kappa shape index (κ1) is 38.7. The first-order valence-electron chi connectivity index (χ1n) is 17.5. The highest BCUT2D eigenvalue weighted by Crippen LogP contribution is 2.35. The summed E-state index contributed by atoms with van der Waals surface area (Å²) in [7, 11) is -0.782. The molecule has 2 aliphatic heterocycles. The number of fused-ring (bicyclic) bond motifs is 1. The molecule has 0 bridgehead atoms. The first-order valence-corrected chi connectivity index (χ1v) is 19.3. The van der Waals surface area contributed by atoms with Crippen LogP contribution in [0.3, 0.4) is 0 Å². The van der Waals surface area contributed by atoms with Crippen LogP contribution in [0.1, 0.15) is 55.3 Å². The van der Waals surface area contributed by atoms with Crippen LogP contribution < -0.4 is 20.7 Å². The van der Waals surface area contributed by atoms with E-state index in [1.54, 1.807) is 54.4 Å². The van der Waals surface area contributed by atoms with Gasteiger partial charge < -0.3 is 40.4 Å². The molecule has 2 saturated heterocycles. The fourth-order valence-corrected chi connectivity index (χ4v) is 7.12. The number of hydrogen-bond acceptors (Lipinski definition) is 8. The Balaban J connectivity index is 1.25. The lowest BCUT2D eigenvalue weighted by Crippen LogP contribution is -2.59. The lowest BCUT2D eigenvalue weighted by molar-refractivity contribution is -0.145. The van der Waals surface area contributed by atoms with E-state index in [1.807, 2.05) is 30.3 Å². The summed E-state index contributed by atoms with van der Waals surface area (Å²) in [6.07, 6.45) is 6.76. The summed E-state index contributed by atoms with van der Waals surface area (Å²) in [5.41, 5.74) is 2.31. The molecule has 0 saturated carbocycles. The van der Waals surface area contributed by atoms with Crippen molar-refractivity contribution in [3.05, 3.63) is 83.9 Å². The van der Waals surface area contributed by atoms with E-state index < -0.39 is 44.0 Å². The standard InChI is InChI=1S/C36H48N7O8P/c1-42(2)32(18-24-12-15-28(16-13-24)51-23-52(48,49)50)35(46)40-29-11-7-6-10-27-14-17-31(43(27)36(29)47)34(45)41-30(19-26-21-37-22-39-26)33(44)38-20-25-8-4-3-5-9-25/h3-5,8-9,12-13,15-16,21-22,27,29-32H,6-7,10-11,14,17-20,23H2,1-2H3,(H,37,39)(H,38,44)(H,40,46)(H,41,45)(H2,48,49,50)/t27-,29?,30-,31-,32-/m0/s1.